The molecule has 118 valence electrons. The van der Waals surface area contributed by atoms with Gasteiger partial charge in [0.15, 0.2) is 0 Å². The molecule has 0 saturated carbocycles. The first-order valence-corrected chi connectivity index (χ1v) is 8.81. The Bertz CT molecular complexity index is 537. The highest BCUT2D eigenvalue weighted by Crippen LogP contribution is 2.20. The highest BCUT2D eigenvalue weighted by atomic mass is 32.2. The monoisotopic (exact) mass is 312 g/mol. The van der Waals surface area contributed by atoms with Crippen LogP contribution in [-0.4, -0.2) is 46.1 Å². The van der Waals surface area contributed by atoms with E-state index < -0.39 is 10.0 Å². The summed E-state index contributed by atoms with van der Waals surface area (Å²) in [4.78, 5) is 0.345. The summed E-state index contributed by atoms with van der Waals surface area (Å²) in [6.07, 6.45) is 2.61. The van der Waals surface area contributed by atoms with Crippen LogP contribution < -0.4 is 5.73 Å². The maximum atomic E-state index is 12.5. The van der Waals surface area contributed by atoms with Crippen LogP contribution in [0.4, 0.5) is 0 Å². The molecule has 1 saturated heterocycles. The number of sulfonamides is 1. The lowest BCUT2D eigenvalue weighted by molar-refractivity contribution is 0.0620. The number of hydrogen-bond acceptors (Lipinski definition) is 4. The number of nitrogens with two attached hydrogens (primary N) is 1. The van der Waals surface area contributed by atoms with Crippen molar-refractivity contribution in [2.75, 3.05) is 33.4 Å². The topological polar surface area (TPSA) is 72.6 Å². The fourth-order valence-corrected chi connectivity index (χ4v) is 3.81. The lowest BCUT2D eigenvalue weighted by Crippen LogP contribution is -2.34. The predicted molar refractivity (Wildman–Crippen MR) is 82.6 cm³/mol. The van der Waals surface area contributed by atoms with Gasteiger partial charge in [-0.2, -0.15) is 0 Å². The highest BCUT2D eigenvalue weighted by molar-refractivity contribution is 7.89. The van der Waals surface area contributed by atoms with Crippen molar-refractivity contribution < 1.29 is 13.2 Å². The Hall–Kier alpha value is -0.950. The predicted octanol–water partition coefficient (Wildman–Crippen LogP) is 1.23. The van der Waals surface area contributed by atoms with Crippen molar-refractivity contribution in [1.29, 1.82) is 0 Å². The molecule has 0 atom stereocenters. The van der Waals surface area contributed by atoms with Crippen molar-refractivity contribution in [2.24, 2.45) is 11.7 Å². The van der Waals surface area contributed by atoms with Crippen molar-refractivity contribution in [3.63, 3.8) is 0 Å². The molecule has 0 spiro atoms. The van der Waals surface area contributed by atoms with E-state index >= 15 is 0 Å². The second-order valence-electron chi connectivity index (χ2n) is 5.52. The van der Waals surface area contributed by atoms with Gasteiger partial charge in [0.1, 0.15) is 0 Å². The molecule has 21 heavy (non-hydrogen) atoms. The van der Waals surface area contributed by atoms with Gasteiger partial charge in [0.25, 0.3) is 0 Å². The summed E-state index contributed by atoms with van der Waals surface area (Å²) in [5, 5.41) is 0. The van der Waals surface area contributed by atoms with Gasteiger partial charge in [-0.25, -0.2) is 12.7 Å². The van der Waals surface area contributed by atoms with Gasteiger partial charge in [-0.05, 0) is 49.4 Å². The van der Waals surface area contributed by atoms with E-state index in [1.807, 2.05) is 12.1 Å². The van der Waals surface area contributed by atoms with E-state index in [1.165, 1.54) is 4.31 Å². The van der Waals surface area contributed by atoms with Gasteiger partial charge in [0.05, 0.1) is 4.90 Å². The van der Waals surface area contributed by atoms with E-state index in [2.05, 4.69) is 0 Å². The van der Waals surface area contributed by atoms with Crippen LogP contribution in [0.3, 0.4) is 0 Å². The van der Waals surface area contributed by atoms with Crippen LogP contribution in [0.15, 0.2) is 29.2 Å². The second-order valence-corrected chi connectivity index (χ2v) is 7.57. The van der Waals surface area contributed by atoms with Crippen molar-refractivity contribution in [2.45, 2.75) is 24.2 Å². The zero-order valence-corrected chi connectivity index (χ0v) is 13.3. The molecule has 0 aromatic heterocycles. The third-order valence-electron chi connectivity index (χ3n) is 3.92. The Morgan fingerprint density at radius 3 is 2.43 bits per heavy atom. The lowest BCUT2D eigenvalue weighted by Gasteiger charge is -2.26. The van der Waals surface area contributed by atoms with Gasteiger partial charge in [-0.15, -0.1) is 0 Å². The SMILES string of the molecule is CN(CC1CCOCC1)S(=O)(=O)c1ccc(CCN)cc1. The number of rotatable bonds is 6. The van der Waals surface area contributed by atoms with Crippen molar-refractivity contribution in [1.82, 2.24) is 4.31 Å². The Morgan fingerprint density at radius 2 is 1.86 bits per heavy atom. The molecular weight excluding hydrogens is 288 g/mol. The van der Waals surface area contributed by atoms with Gasteiger partial charge in [-0.3, -0.25) is 0 Å². The first-order valence-electron chi connectivity index (χ1n) is 7.37. The largest absolute Gasteiger partial charge is 0.381 e. The average Bonchev–Trinajstić information content (AvgIpc) is 2.49. The summed E-state index contributed by atoms with van der Waals surface area (Å²) >= 11 is 0. The van der Waals surface area contributed by atoms with Gasteiger partial charge in [0.2, 0.25) is 10.0 Å². The fourth-order valence-electron chi connectivity index (χ4n) is 2.57. The summed E-state index contributed by atoms with van der Waals surface area (Å²) in [6.45, 7) is 2.57. The van der Waals surface area contributed by atoms with Crippen LogP contribution in [0, 0.1) is 5.92 Å². The molecule has 0 bridgehead atoms. The average molecular weight is 312 g/mol. The van der Waals surface area contributed by atoms with Gasteiger partial charge in [-0.1, -0.05) is 12.1 Å². The minimum atomic E-state index is -3.41. The van der Waals surface area contributed by atoms with Crippen LogP contribution in [0.2, 0.25) is 0 Å². The summed E-state index contributed by atoms with van der Waals surface area (Å²) in [5.74, 6) is 0.384. The Morgan fingerprint density at radius 1 is 1.24 bits per heavy atom. The van der Waals surface area contributed by atoms with E-state index in [1.54, 1.807) is 19.2 Å². The summed E-state index contributed by atoms with van der Waals surface area (Å²) < 4.78 is 31.9. The molecule has 5 nitrogen and oxygen atoms in total. The maximum Gasteiger partial charge on any atom is 0.242 e. The minimum absolute atomic E-state index is 0.345. The molecule has 1 heterocycles. The Balaban J connectivity index is 2.05. The third kappa shape index (κ3) is 4.26. The van der Waals surface area contributed by atoms with E-state index in [-0.39, 0.29) is 0 Å². The zero-order chi connectivity index (χ0) is 15.3. The molecule has 1 aliphatic heterocycles. The van der Waals surface area contributed by atoms with E-state index in [0.717, 1.165) is 38.0 Å². The van der Waals surface area contributed by atoms with Gasteiger partial charge < -0.3 is 10.5 Å². The number of ether oxygens (including phenoxy) is 1. The molecule has 1 aromatic rings. The number of benzene rings is 1. The standard InChI is InChI=1S/C15H24N2O3S/c1-17(12-14-7-10-20-11-8-14)21(18,19)15-4-2-13(3-5-15)6-9-16/h2-5,14H,6-12,16H2,1H3. The fraction of sp³-hybridized carbons (Fsp3) is 0.600. The number of nitrogens with zero attached hydrogens (tertiary/aromatic N) is 1. The molecular formula is C15H24N2O3S. The molecule has 0 amide bonds. The summed E-state index contributed by atoms with van der Waals surface area (Å²) in [6, 6.07) is 7.01. The molecule has 1 aromatic carbocycles. The van der Waals surface area contributed by atoms with E-state index in [4.69, 9.17) is 10.5 Å². The quantitative estimate of drug-likeness (QED) is 0.857. The highest BCUT2D eigenvalue weighted by Gasteiger charge is 2.24. The molecule has 2 N–H and O–H groups in total. The van der Waals surface area contributed by atoms with Gasteiger partial charge in [0, 0.05) is 26.8 Å². The molecule has 1 fully saturated rings. The maximum absolute atomic E-state index is 12.5. The minimum Gasteiger partial charge on any atom is -0.381 e. The van der Waals surface area contributed by atoms with Gasteiger partial charge >= 0.3 is 0 Å². The molecule has 1 aliphatic rings. The third-order valence-corrected chi connectivity index (χ3v) is 5.76. The van der Waals surface area contributed by atoms with E-state index in [9.17, 15) is 8.42 Å². The zero-order valence-electron chi connectivity index (χ0n) is 12.5. The summed E-state index contributed by atoms with van der Waals surface area (Å²) in [7, 11) is -1.76. The van der Waals surface area contributed by atoms with Crippen LogP contribution >= 0.6 is 0 Å². The molecule has 0 radical (unpaired) electrons. The van der Waals surface area contributed by atoms with Crippen LogP contribution in [-0.2, 0) is 21.2 Å². The number of hydrogen-bond donors (Lipinski definition) is 1. The van der Waals surface area contributed by atoms with E-state index in [0.29, 0.717) is 23.9 Å². The Labute approximate surface area is 127 Å². The lowest BCUT2D eigenvalue weighted by atomic mass is 10.0. The first kappa shape index (κ1) is 16.4. The van der Waals surface area contributed by atoms with Crippen LogP contribution in [0.1, 0.15) is 18.4 Å². The smallest absolute Gasteiger partial charge is 0.242 e. The van der Waals surface area contributed by atoms with Crippen LogP contribution in [0.25, 0.3) is 0 Å². The second kappa shape index (κ2) is 7.35. The summed E-state index contributed by atoms with van der Waals surface area (Å²) in [5.41, 5.74) is 6.56. The first-order chi connectivity index (χ1) is 10.0. The van der Waals surface area contributed by atoms with Crippen molar-refractivity contribution >= 4 is 10.0 Å². The van der Waals surface area contributed by atoms with Crippen molar-refractivity contribution in [3.05, 3.63) is 29.8 Å². The Kier molecular flexibility index (Phi) is 5.75. The molecule has 0 aliphatic carbocycles. The molecule has 0 unspecified atom stereocenters. The molecule has 6 heteroatoms. The normalized spacial score (nSPS) is 17.3. The van der Waals surface area contributed by atoms with Crippen molar-refractivity contribution in [3.8, 4) is 0 Å². The molecule has 2 rings (SSSR count). The van der Waals surface area contributed by atoms with Crippen LogP contribution in [0.5, 0.6) is 0 Å².